The normalized spacial score (nSPS) is 40.2. The molecule has 23 heavy (non-hydrogen) atoms. The van der Waals surface area contributed by atoms with Crippen molar-refractivity contribution in [3.63, 3.8) is 0 Å². The van der Waals surface area contributed by atoms with Crippen molar-refractivity contribution < 1.29 is 45.4 Å². The molecule has 0 aromatic rings. The van der Waals surface area contributed by atoms with Gasteiger partial charge in [0.15, 0.2) is 0 Å². The predicted molar refractivity (Wildman–Crippen MR) is 59.6 cm³/mol. The van der Waals surface area contributed by atoms with Crippen molar-refractivity contribution >= 4 is 11.9 Å². The molecular weight excluding hydrogens is 334 g/mol. The van der Waals surface area contributed by atoms with E-state index in [1.54, 1.807) is 0 Å². The molecule has 10 heteroatoms. The summed E-state index contributed by atoms with van der Waals surface area (Å²) < 4.78 is 86.6. The summed E-state index contributed by atoms with van der Waals surface area (Å²) in [6, 6.07) is 0. The molecule has 3 aliphatic rings. The average molecular weight is 346 g/mol. The number of carbonyl (C=O) groups excluding carboxylic acids is 2. The molecule has 7 atom stereocenters. The molecule has 1 saturated heterocycles. The molecular formula is C13H12F6O4. The van der Waals surface area contributed by atoms with Crippen LogP contribution < -0.4 is 0 Å². The zero-order valence-electron chi connectivity index (χ0n) is 11.6. The summed E-state index contributed by atoms with van der Waals surface area (Å²) in [5, 5.41) is 0. The van der Waals surface area contributed by atoms with E-state index < -0.39 is 66.1 Å². The summed E-state index contributed by atoms with van der Waals surface area (Å²) in [6.45, 7) is 0.570. The van der Waals surface area contributed by atoms with E-state index in [1.165, 1.54) is 0 Å². The maximum absolute atomic E-state index is 13.2. The molecule has 0 aromatic carbocycles. The van der Waals surface area contributed by atoms with Gasteiger partial charge >= 0.3 is 24.3 Å². The molecule has 130 valence electrons. The number of fused-ring (bicyclic) bond motifs is 1. The van der Waals surface area contributed by atoms with Crippen molar-refractivity contribution in [2.24, 2.45) is 29.6 Å². The van der Waals surface area contributed by atoms with Crippen LogP contribution >= 0.6 is 0 Å². The highest BCUT2D eigenvalue weighted by Crippen LogP contribution is 2.62. The third kappa shape index (κ3) is 2.37. The fraction of sp³-hybridized carbons (Fsp3) is 0.846. The molecule has 0 radical (unpaired) electrons. The average Bonchev–Trinajstić information content (AvgIpc) is 2.98. The molecule has 2 aliphatic carbocycles. The Kier molecular flexibility index (Phi) is 3.39. The quantitative estimate of drug-likeness (QED) is 0.569. The van der Waals surface area contributed by atoms with Crippen molar-refractivity contribution in [3.8, 4) is 0 Å². The lowest BCUT2D eigenvalue weighted by atomic mass is 9.78. The second kappa shape index (κ2) is 4.76. The zero-order chi connectivity index (χ0) is 17.3. The van der Waals surface area contributed by atoms with Crippen molar-refractivity contribution in [2.45, 2.75) is 37.9 Å². The van der Waals surface area contributed by atoms with E-state index in [0.29, 0.717) is 6.92 Å². The first-order chi connectivity index (χ1) is 10.4. The van der Waals surface area contributed by atoms with E-state index in [4.69, 9.17) is 9.47 Å². The fourth-order valence-electron chi connectivity index (χ4n) is 3.96. The Morgan fingerprint density at radius 2 is 1.83 bits per heavy atom. The van der Waals surface area contributed by atoms with Gasteiger partial charge in [-0.25, -0.2) is 0 Å². The van der Waals surface area contributed by atoms with Crippen molar-refractivity contribution in [1.29, 1.82) is 0 Å². The standard InChI is InChI=1S/C13H12F6O4/c1-3(12(14,15)16)10(20)22-9-5-2-4-6(7(5)13(17,18)19)11(21)23-8(4)9/h3-9H,2H2,1H3. The Hall–Kier alpha value is -1.48. The molecule has 0 aromatic heterocycles. The van der Waals surface area contributed by atoms with Gasteiger partial charge in [0.2, 0.25) is 0 Å². The number of hydrogen-bond acceptors (Lipinski definition) is 4. The SMILES string of the molecule is CC(C(=O)OC1C2CC3C1OC(=O)C3C2C(F)(F)F)C(F)(F)F. The van der Waals surface area contributed by atoms with Crippen LogP contribution in [0.15, 0.2) is 0 Å². The number of rotatable bonds is 2. The summed E-state index contributed by atoms with van der Waals surface area (Å²) in [4.78, 5) is 23.2. The number of esters is 2. The molecule has 4 nitrogen and oxygen atoms in total. The van der Waals surface area contributed by atoms with Gasteiger partial charge in [-0.2, -0.15) is 26.3 Å². The molecule has 0 N–H and O–H groups in total. The summed E-state index contributed by atoms with van der Waals surface area (Å²) in [5.74, 6) is -10.5. The first kappa shape index (κ1) is 16.4. The highest BCUT2D eigenvalue weighted by atomic mass is 19.4. The number of ether oxygens (including phenoxy) is 2. The van der Waals surface area contributed by atoms with Crippen molar-refractivity contribution in [1.82, 2.24) is 0 Å². The lowest BCUT2D eigenvalue weighted by molar-refractivity contribution is -0.220. The van der Waals surface area contributed by atoms with E-state index in [0.717, 1.165) is 0 Å². The van der Waals surface area contributed by atoms with Crippen LogP contribution in [-0.4, -0.2) is 36.5 Å². The Morgan fingerprint density at radius 1 is 1.22 bits per heavy atom. The Balaban J connectivity index is 1.82. The molecule has 3 rings (SSSR count). The van der Waals surface area contributed by atoms with Gasteiger partial charge in [-0.1, -0.05) is 0 Å². The van der Waals surface area contributed by atoms with Crippen LogP contribution in [0.25, 0.3) is 0 Å². The predicted octanol–water partition coefficient (Wildman–Crippen LogP) is 2.47. The van der Waals surface area contributed by atoms with E-state index in [9.17, 15) is 35.9 Å². The van der Waals surface area contributed by atoms with Crippen LogP contribution in [0.1, 0.15) is 13.3 Å². The monoisotopic (exact) mass is 346 g/mol. The maximum atomic E-state index is 13.2. The van der Waals surface area contributed by atoms with E-state index in [2.05, 4.69) is 0 Å². The van der Waals surface area contributed by atoms with Crippen LogP contribution in [0.4, 0.5) is 26.3 Å². The van der Waals surface area contributed by atoms with Crippen LogP contribution in [0.5, 0.6) is 0 Å². The Bertz CT molecular complexity index is 542. The first-order valence-corrected chi connectivity index (χ1v) is 6.97. The summed E-state index contributed by atoms with van der Waals surface area (Å²) in [6.07, 6.45) is -12.2. The van der Waals surface area contributed by atoms with Crippen LogP contribution in [-0.2, 0) is 19.1 Å². The van der Waals surface area contributed by atoms with Gasteiger partial charge in [-0.05, 0) is 13.3 Å². The zero-order valence-corrected chi connectivity index (χ0v) is 11.6. The number of hydrogen-bond donors (Lipinski definition) is 0. The van der Waals surface area contributed by atoms with Crippen molar-refractivity contribution in [3.05, 3.63) is 0 Å². The minimum absolute atomic E-state index is 0.0520. The second-order valence-corrected chi connectivity index (χ2v) is 6.22. The van der Waals surface area contributed by atoms with E-state index in [-0.39, 0.29) is 6.42 Å². The lowest BCUT2D eigenvalue weighted by Crippen LogP contribution is -2.46. The molecule has 0 amide bonds. The Labute approximate surface area is 126 Å². The van der Waals surface area contributed by atoms with Gasteiger partial charge in [0.05, 0.1) is 11.8 Å². The van der Waals surface area contributed by atoms with Gasteiger partial charge in [0.25, 0.3) is 0 Å². The molecule has 2 bridgehead atoms. The van der Waals surface area contributed by atoms with Gasteiger partial charge in [0.1, 0.15) is 18.1 Å². The third-order valence-corrected chi connectivity index (χ3v) is 5.02. The van der Waals surface area contributed by atoms with Crippen LogP contribution in [0, 0.1) is 29.6 Å². The number of alkyl halides is 6. The Morgan fingerprint density at radius 3 is 2.35 bits per heavy atom. The minimum atomic E-state index is -4.85. The van der Waals surface area contributed by atoms with Gasteiger partial charge < -0.3 is 9.47 Å². The molecule has 0 spiro atoms. The topological polar surface area (TPSA) is 52.6 Å². The number of carbonyl (C=O) groups is 2. The highest BCUT2D eigenvalue weighted by Gasteiger charge is 2.73. The first-order valence-electron chi connectivity index (χ1n) is 6.97. The smallest absolute Gasteiger partial charge is 0.401 e. The molecule has 1 heterocycles. The molecule has 2 saturated carbocycles. The summed E-state index contributed by atoms with van der Waals surface area (Å²) in [7, 11) is 0. The molecule has 1 aliphatic heterocycles. The molecule has 7 unspecified atom stereocenters. The second-order valence-electron chi connectivity index (χ2n) is 6.22. The fourth-order valence-corrected chi connectivity index (χ4v) is 3.96. The number of halogens is 6. The van der Waals surface area contributed by atoms with Crippen LogP contribution in [0.2, 0.25) is 0 Å². The lowest BCUT2D eigenvalue weighted by Gasteiger charge is -2.33. The van der Waals surface area contributed by atoms with E-state index in [1.807, 2.05) is 0 Å². The van der Waals surface area contributed by atoms with E-state index >= 15 is 0 Å². The van der Waals surface area contributed by atoms with Gasteiger partial charge in [0, 0.05) is 11.8 Å². The maximum Gasteiger partial charge on any atom is 0.401 e. The third-order valence-electron chi connectivity index (χ3n) is 5.02. The minimum Gasteiger partial charge on any atom is -0.458 e. The summed E-state index contributed by atoms with van der Waals surface area (Å²) >= 11 is 0. The summed E-state index contributed by atoms with van der Waals surface area (Å²) in [5.41, 5.74) is 0. The largest absolute Gasteiger partial charge is 0.458 e. The van der Waals surface area contributed by atoms with Crippen LogP contribution in [0.3, 0.4) is 0 Å². The van der Waals surface area contributed by atoms with Gasteiger partial charge in [-0.15, -0.1) is 0 Å². The highest BCUT2D eigenvalue weighted by molar-refractivity contribution is 5.78. The van der Waals surface area contributed by atoms with Crippen molar-refractivity contribution in [2.75, 3.05) is 0 Å². The molecule has 3 fully saturated rings. The van der Waals surface area contributed by atoms with Gasteiger partial charge in [-0.3, -0.25) is 9.59 Å².